The minimum atomic E-state index is -0.0898. The Morgan fingerprint density at radius 3 is 2.90 bits per heavy atom. The molecule has 0 amide bonds. The number of methoxy groups -OCH3 is 1. The minimum absolute atomic E-state index is 0.00592. The van der Waals surface area contributed by atoms with E-state index in [-0.39, 0.29) is 11.9 Å². The minimum Gasteiger partial charge on any atom is -0.469 e. The van der Waals surface area contributed by atoms with E-state index in [0.29, 0.717) is 0 Å². The SMILES string of the molecule is CCc1nn(C)c(CN2CCC[C@H](C(=O)OC)C2)c1Br. The van der Waals surface area contributed by atoms with Gasteiger partial charge in [-0.1, -0.05) is 6.92 Å². The first-order valence-corrected chi connectivity index (χ1v) is 7.86. The van der Waals surface area contributed by atoms with Crippen molar-refractivity contribution in [3.8, 4) is 0 Å². The molecule has 0 radical (unpaired) electrons. The fourth-order valence-electron chi connectivity index (χ4n) is 2.76. The molecule has 6 heteroatoms. The molecular weight excluding hydrogens is 322 g/mol. The summed E-state index contributed by atoms with van der Waals surface area (Å²) in [4.78, 5) is 14.0. The second-order valence-corrected chi connectivity index (χ2v) is 6.07. The van der Waals surface area contributed by atoms with Gasteiger partial charge in [0.05, 0.1) is 28.9 Å². The van der Waals surface area contributed by atoms with Gasteiger partial charge in [0.15, 0.2) is 0 Å². The Morgan fingerprint density at radius 2 is 2.30 bits per heavy atom. The molecule has 1 fully saturated rings. The zero-order chi connectivity index (χ0) is 14.7. The zero-order valence-electron chi connectivity index (χ0n) is 12.4. The highest BCUT2D eigenvalue weighted by molar-refractivity contribution is 9.10. The predicted octanol–water partition coefficient (Wildman–Crippen LogP) is 2.13. The van der Waals surface area contributed by atoms with Gasteiger partial charge in [-0.25, -0.2) is 0 Å². The summed E-state index contributed by atoms with van der Waals surface area (Å²) in [6.45, 7) is 4.71. The van der Waals surface area contributed by atoms with Gasteiger partial charge < -0.3 is 4.74 Å². The van der Waals surface area contributed by atoms with E-state index in [9.17, 15) is 4.79 Å². The van der Waals surface area contributed by atoms with Crippen molar-refractivity contribution in [2.24, 2.45) is 13.0 Å². The summed E-state index contributed by atoms with van der Waals surface area (Å²) in [6.07, 6.45) is 2.88. The van der Waals surface area contributed by atoms with Crippen LogP contribution in [0.2, 0.25) is 0 Å². The maximum Gasteiger partial charge on any atom is 0.309 e. The van der Waals surface area contributed by atoms with Crippen molar-refractivity contribution in [2.75, 3.05) is 20.2 Å². The fourth-order valence-corrected chi connectivity index (χ4v) is 3.50. The van der Waals surface area contributed by atoms with Gasteiger partial charge >= 0.3 is 5.97 Å². The number of rotatable bonds is 4. The first-order chi connectivity index (χ1) is 9.56. The van der Waals surface area contributed by atoms with E-state index >= 15 is 0 Å². The second-order valence-electron chi connectivity index (χ2n) is 5.28. The van der Waals surface area contributed by atoms with Crippen LogP contribution in [0, 0.1) is 5.92 Å². The van der Waals surface area contributed by atoms with Gasteiger partial charge in [0.2, 0.25) is 0 Å². The summed E-state index contributed by atoms with van der Waals surface area (Å²) in [6, 6.07) is 0. The smallest absolute Gasteiger partial charge is 0.309 e. The highest BCUT2D eigenvalue weighted by Gasteiger charge is 2.27. The van der Waals surface area contributed by atoms with Crippen molar-refractivity contribution in [2.45, 2.75) is 32.7 Å². The third-order valence-corrected chi connectivity index (χ3v) is 4.83. The molecule has 2 heterocycles. The zero-order valence-corrected chi connectivity index (χ0v) is 13.9. The van der Waals surface area contributed by atoms with Crippen LogP contribution in [0.5, 0.6) is 0 Å². The summed E-state index contributed by atoms with van der Waals surface area (Å²) in [7, 11) is 3.44. The molecule has 20 heavy (non-hydrogen) atoms. The van der Waals surface area contributed by atoms with Crippen LogP contribution < -0.4 is 0 Å². The Bertz CT molecular complexity index is 487. The molecule has 1 atom stereocenters. The van der Waals surface area contributed by atoms with Crippen LogP contribution in [0.15, 0.2) is 4.47 Å². The number of carbonyl (C=O) groups is 1. The number of halogens is 1. The molecule has 0 aromatic carbocycles. The molecule has 0 saturated carbocycles. The number of aromatic nitrogens is 2. The predicted molar refractivity (Wildman–Crippen MR) is 80.3 cm³/mol. The molecule has 1 aliphatic heterocycles. The van der Waals surface area contributed by atoms with Crippen LogP contribution in [-0.2, 0) is 29.5 Å². The first kappa shape index (κ1) is 15.5. The largest absolute Gasteiger partial charge is 0.469 e. The molecule has 1 saturated heterocycles. The number of likely N-dealkylation sites (tertiary alicyclic amines) is 1. The van der Waals surface area contributed by atoms with Crippen molar-refractivity contribution < 1.29 is 9.53 Å². The number of piperidine rings is 1. The number of hydrogen-bond acceptors (Lipinski definition) is 4. The standard InChI is InChI=1S/C14H22BrN3O2/c1-4-11-13(15)12(17(2)16-11)9-18-7-5-6-10(8-18)14(19)20-3/h10H,4-9H2,1-3H3/t10-/m0/s1. The molecule has 1 aromatic heterocycles. The Hall–Kier alpha value is -0.880. The van der Waals surface area contributed by atoms with Crippen LogP contribution in [0.25, 0.3) is 0 Å². The Labute approximate surface area is 128 Å². The molecule has 0 unspecified atom stereocenters. The number of esters is 1. The lowest BCUT2D eigenvalue weighted by Crippen LogP contribution is -2.39. The molecule has 1 aliphatic rings. The Balaban J connectivity index is 2.06. The maximum absolute atomic E-state index is 11.7. The fraction of sp³-hybridized carbons (Fsp3) is 0.714. The van der Waals surface area contributed by atoms with E-state index in [4.69, 9.17) is 4.74 Å². The molecule has 0 spiro atoms. The number of hydrogen-bond donors (Lipinski definition) is 0. The Morgan fingerprint density at radius 1 is 1.55 bits per heavy atom. The summed E-state index contributed by atoms with van der Waals surface area (Å²) >= 11 is 3.65. The molecule has 2 rings (SSSR count). The van der Waals surface area contributed by atoms with E-state index in [2.05, 4.69) is 32.9 Å². The molecule has 0 aliphatic carbocycles. The molecule has 0 N–H and O–H groups in total. The summed E-state index contributed by atoms with van der Waals surface area (Å²) in [5, 5.41) is 4.52. The van der Waals surface area contributed by atoms with Gasteiger partial charge in [-0.3, -0.25) is 14.4 Å². The lowest BCUT2D eigenvalue weighted by Gasteiger charge is -2.31. The maximum atomic E-state index is 11.7. The van der Waals surface area contributed by atoms with E-state index < -0.39 is 0 Å². The van der Waals surface area contributed by atoms with Crippen LogP contribution in [0.1, 0.15) is 31.2 Å². The summed E-state index contributed by atoms with van der Waals surface area (Å²) in [5.74, 6) is -0.0839. The molecule has 1 aromatic rings. The number of carbonyl (C=O) groups excluding carboxylic acids is 1. The van der Waals surface area contributed by atoms with Crippen molar-refractivity contribution in [3.63, 3.8) is 0 Å². The number of ether oxygens (including phenoxy) is 1. The number of nitrogens with zero attached hydrogens (tertiary/aromatic N) is 3. The first-order valence-electron chi connectivity index (χ1n) is 7.07. The molecule has 112 valence electrons. The number of aryl methyl sites for hydroxylation is 2. The summed E-state index contributed by atoms with van der Waals surface area (Å²) in [5.41, 5.74) is 2.26. The monoisotopic (exact) mass is 343 g/mol. The third kappa shape index (κ3) is 3.23. The average molecular weight is 344 g/mol. The topological polar surface area (TPSA) is 47.4 Å². The highest BCUT2D eigenvalue weighted by atomic mass is 79.9. The van der Waals surface area contributed by atoms with Crippen LogP contribution in [-0.4, -0.2) is 40.8 Å². The third-order valence-electron chi connectivity index (χ3n) is 3.92. The van der Waals surface area contributed by atoms with E-state index in [1.165, 1.54) is 12.8 Å². The van der Waals surface area contributed by atoms with Crippen molar-refractivity contribution in [1.29, 1.82) is 0 Å². The van der Waals surface area contributed by atoms with E-state index in [1.54, 1.807) is 0 Å². The van der Waals surface area contributed by atoms with Crippen molar-refractivity contribution >= 4 is 21.9 Å². The van der Waals surface area contributed by atoms with Crippen LogP contribution in [0.4, 0.5) is 0 Å². The van der Waals surface area contributed by atoms with Gasteiger partial charge in [-0.05, 0) is 41.7 Å². The summed E-state index contributed by atoms with van der Waals surface area (Å²) < 4.78 is 7.90. The van der Waals surface area contributed by atoms with E-state index in [1.807, 2.05) is 11.7 Å². The van der Waals surface area contributed by atoms with Crippen molar-refractivity contribution in [3.05, 3.63) is 15.9 Å². The molecule has 0 bridgehead atoms. The molecular formula is C14H22BrN3O2. The second kappa shape index (κ2) is 6.72. The average Bonchev–Trinajstić information content (AvgIpc) is 2.74. The molecule has 5 nitrogen and oxygen atoms in total. The van der Waals surface area contributed by atoms with Crippen molar-refractivity contribution in [1.82, 2.24) is 14.7 Å². The van der Waals surface area contributed by atoms with Gasteiger partial charge in [0, 0.05) is 20.1 Å². The van der Waals surface area contributed by atoms with Gasteiger partial charge in [0.25, 0.3) is 0 Å². The lowest BCUT2D eigenvalue weighted by atomic mass is 9.98. The Kier molecular flexibility index (Phi) is 5.21. The lowest BCUT2D eigenvalue weighted by molar-refractivity contribution is -0.147. The van der Waals surface area contributed by atoms with Gasteiger partial charge in [0.1, 0.15) is 0 Å². The van der Waals surface area contributed by atoms with Gasteiger partial charge in [-0.15, -0.1) is 0 Å². The van der Waals surface area contributed by atoms with Crippen LogP contribution >= 0.6 is 15.9 Å². The normalized spacial score (nSPS) is 20.1. The quantitative estimate of drug-likeness (QED) is 0.785. The van der Waals surface area contributed by atoms with E-state index in [0.717, 1.165) is 49.1 Å². The highest BCUT2D eigenvalue weighted by Crippen LogP contribution is 2.25. The van der Waals surface area contributed by atoms with Gasteiger partial charge in [-0.2, -0.15) is 5.10 Å². The van der Waals surface area contributed by atoms with Crippen LogP contribution in [0.3, 0.4) is 0 Å².